The van der Waals surface area contributed by atoms with Crippen molar-refractivity contribution in [1.82, 2.24) is 9.97 Å². The second-order valence-electron chi connectivity index (χ2n) is 4.95. The first kappa shape index (κ1) is 15.3. The zero-order valence-electron chi connectivity index (χ0n) is 12.5. The fraction of sp³-hybridized carbons (Fsp3) is 0.375. The number of hydrogen-bond acceptors (Lipinski definition) is 5. The minimum Gasteiger partial charge on any atom is -0.490 e. The van der Waals surface area contributed by atoms with Crippen molar-refractivity contribution in [2.24, 2.45) is 5.73 Å². The maximum Gasteiger partial charge on any atom is 0.322 e. The van der Waals surface area contributed by atoms with Crippen LogP contribution < -0.4 is 15.2 Å². The summed E-state index contributed by atoms with van der Waals surface area (Å²) in [5.74, 6) is 1.31. The third-order valence-corrected chi connectivity index (χ3v) is 2.75. The Bertz CT molecular complexity index is 556. The molecule has 112 valence electrons. The molecule has 1 aromatic heterocycles. The van der Waals surface area contributed by atoms with E-state index in [0.717, 1.165) is 18.4 Å². The fourth-order valence-electron chi connectivity index (χ4n) is 1.84. The highest BCUT2D eigenvalue weighted by Crippen LogP contribution is 2.29. The quantitative estimate of drug-likeness (QED) is 0.847. The monoisotopic (exact) mass is 287 g/mol. The number of aromatic nitrogens is 2. The van der Waals surface area contributed by atoms with Crippen LogP contribution in [-0.2, 0) is 6.42 Å². The molecule has 2 aromatic rings. The minimum absolute atomic E-state index is 0.0866. The molecule has 0 fully saturated rings. The van der Waals surface area contributed by atoms with Crippen molar-refractivity contribution in [3.63, 3.8) is 0 Å². The molecule has 1 aromatic carbocycles. The van der Waals surface area contributed by atoms with Crippen LogP contribution in [0, 0.1) is 0 Å². The highest BCUT2D eigenvalue weighted by atomic mass is 16.5. The lowest BCUT2D eigenvalue weighted by molar-refractivity contribution is 0.299. The van der Waals surface area contributed by atoms with Crippen molar-refractivity contribution >= 4 is 0 Å². The first-order chi connectivity index (χ1) is 10.2. The number of nitrogens with zero attached hydrogens (tertiary/aromatic N) is 2. The lowest BCUT2D eigenvalue weighted by atomic mass is 10.1. The van der Waals surface area contributed by atoms with Gasteiger partial charge in [-0.05, 0) is 37.5 Å². The van der Waals surface area contributed by atoms with Gasteiger partial charge in [-0.15, -0.1) is 0 Å². The smallest absolute Gasteiger partial charge is 0.322 e. The Labute approximate surface area is 125 Å². The summed E-state index contributed by atoms with van der Waals surface area (Å²) in [5, 5.41) is 0. The van der Waals surface area contributed by atoms with Gasteiger partial charge in [-0.3, -0.25) is 0 Å². The van der Waals surface area contributed by atoms with E-state index in [1.807, 2.05) is 31.2 Å². The van der Waals surface area contributed by atoms with Gasteiger partial charge in [0.15, 0.2) is 11.5 Å². The molecule has 0 bridgehead atoms. The standard InChI is InChI=1S/C16H21N3O2/c1-3-8-20-14-6-4-5-7-15(14)21-16-18-10-13(11-19-16)9-12(2)17/h4-7,10-12H,3,8-9,17H2,1-2H3. The fourth-order valence-corrected chi connectivity index (χ4v) is 1.84. The van der Waals surface area contributed by atoms with Crippen LogP contribution in [0.2, 0.25) is 0 Å². The number of nitrogens with two attached hydrogens (primary N) is 1. The van der Waals surface area contributed by atoms with E-state index >= 15 is 0 Å². The van der Waals surface area contributed by atoms with Gasteiger partial charge >= 0.3 is 6.01 Å². The summed E-state index contributed by atoms with van der Waals surface area (Å²) in [7, 11) is 0. The molecule has 5 nitrogen and oxygen atoms in total. The molecule has 0 aliphatic rings. The Kier molecular flexibility index (Phi) is 5.51. The minimum atomic E-state index is 0.0866. The van der Waals surface area contributed by atoms with Crippen LogP contribution in [0.15, 0.2) is 36.7 Å². The van der Waals surface area contributed by atoms with Crippen LogP contribution in [0.3, 0.4) is 0 Å². The maximum absolute atomic E-state index is 5.75. The Morgan fingerprint density at radius 2 is 1.81 bits per heavy atom. The van der Waals surface area contributed by atoms with Crippen molar-refractivity contribution in [3.8, 4) is 17.5 Å². The number of para-hydroxylation sites is 2. The van der Waals surface area contributed by atoms with Crippen LogP contribution in [0.5, 0.6) is 17.5 Å². The van der Waals surface area contributed by atoms with E-state index in [1.54, 1.807) is 12.4 Å². The molecule has 1 atom stereocenters. The normalized spacial score (nSPS) is 12.0. The molecule has 0 aliphatic heterocycles. The summed E-state index contributed by atoms with van der Waals surface area (Å²) in [6, 6.07) is 7.89. The molecule has 2 rings (SSSR count). The van der Waals surface area contributed by atoms with Crippen molar-refractivity contribution < 1.29 is 9.47 Å². The summed E-state index contributed by atoms with van der Waals surface area (Å²) >= 11 is 0. The van der Waals surface area contributed by atoms with Crippen molar-refractivity contribution in [2.75, 3.05) is 6.61 Å². The molecule has 1 unspecified atom stereocenters. The predicted molar refractivity (Wildman–Crippen MR) is 81.7 cm³/mol. The topological polar surface area (TPSA) is 70.3 Å². The summed E-state index contributed by atoms with van der Waals surface area (Å²) in [6.45, 7) is 4.66. The van der Waals surface area contributed by atoms with E-state index in [4.69, 9.17) is 15.2 Å². The Morgan fingerprint density at radius 3 is 2.43 bits per heavy atom. The van der Waals surface area contributed by atoms with Crippen LogP contribution in [0.1, 0.15) is 25.8 Å². The zero-order chi connectivity index (χ0) is 15.1. The lowest BCUT2D eigenvalue weighted by Crippen LogP contribution is -2.17. The number of ether oxygens (including phenoxy) is 2. The molecule has 0 aliphatic carbocycles. The van der Waals surface area contributed by atoms with Gasteiger partial charge in [0.05, 0.1) is 6.61 Å². The Balaban J connectivity index is 2.07. The number of rotatable bonds is 7. The van der Waals surface area contributed by atoms with Crippen LogP contribution in [0.4, 0.5) is 0 Å². The van der Waals surface area contributed by atoms with Crippen molar-refractivity contribution in [1.29, 1.82) is 0 Å². The summed E-state index contributed by atoms with van der Waals surface area (Å²) in [4.78, 5) is 8.41. The van der Waals surface area contributed by atoms with Gasteiger partial charge in [0.1, 0.15) is 0 Å². The van der Waals surface area contributed by atoms with E-state index in [-0.39, 0.29) is 6.04 Å². The van der Waals surface area contributed by atoms with Crippen molar-refractivity contribution in [2.45, 2.75) is 32.7 Å². The van der Waals surface area contributed by atoms with E-state index in [0.29, 0.717) is 24.1 Å². The largest absolute Gasteiger partial charge is 0.490 e. The SMILES string of the molecule is CCCOc1ccccc1Oc1ncc(CC(C)N)cn1. The van der Waals surface area contributed by atoms with Gasteiger partial charge in [-0.25, -0.2) is 9.97 Å². The van der Waals surface area contributed by atoms with E-state index in [1.165, 1.54) is 0 Å². The van der Waals surface area contributed by atoms with Gasteiger partial charge in [-0.1, -0.05) is 19.1 Å². The van der Waals surface area contributed by atoms with E-state index in [9.17, 15) is 0 Å². The first-order valence-corrected chi connectivity index (χ1v) is 7.15. The lowest BCUT2D eigenvalue weighted by Gasteiger charge is -2.11. The molecule has 0 saturated carbocycles. The molecule has 2 N–H and O–H groups in total. The third-order valence-electron chi connectivity index (χ3n) is 2.75. The van der Waals surface area contributed by atoms with Gasteiger partial charge in [0, 0.05) is 18.4 Å². The second kappa shape index (κ2) is 7.59. The highest BCUT2D eigenvalue weighted by Gasteiger charge is 2.07. The average molecular weight is 287 g/mol. The van der Waals surface area contributed by atoms with Gasteiger partial charge in [-0.2, -0.15) is 0 Å². The van der Waals surface area contributed by atoms with E-state index < -0.39 is 0 Å². The van der Waals surface area contributed by atoms with Crippen LogP contribution in [0.25, 0.3) is 0 Å². The molecular formula is C16H21N3O2. The van der Waals surface area contributed by atoms with E-state index in [2.05, 4.69) is 16.9 Å². The summed E-state index contributed by atoms with van der Waals surface area (Å²) < 4.78 is 11.3. The molecule has 0 saturated heterocycles. The Morgan fingerprint density at radius 1 is 1.14 bits per heavy atom. The average Bonchev–Trinajstić information content (AvgIpc) is 2.48. The van der Waals surface area contributed by atoms with Gasteiger partial charge in [0.25, 0.3) is 0 Å². The molecule has 0 radical (unpaired) electrons. The van der Waals surface area contributed by atoms with Crippen LogP contribution in [-0.4, -0.2) is 22.6 Å². The number of hydrogen-bond donors (Lipinski definition) is 1. The highest BCUT2D eigenvalue weighted by molar-refractivity contribution is 5.40. The summed E-state index contributed by atoms with van der Waals surface area (Å²) in [6.07, 6.45) is 5.16. The predicted octanol–water partition coefficient (Wildman–Crippen LogP) is 2.95. The Hall–Kier alpha value is -2.14. The van der Waals surface area contributed by atoms with Crippen molar-refractivity contribution in [3.05, 3.63) is 42.2 Å². The summed E-state index contributed by atoms with van der Waals surface area (Å²) in [5.41, 5.74) is 6.74. The molecule has 21 heavy (non-hydrogen) atoms. The maximum atomic E-state index is 5.75. The first-order valence-electron chi connectivity index (χ1n) is 7.15. The molecule has 5 heteroatoms. The molecular weight excluding hydrogens is 266 g/mol. The van der Waals surface area contributed by atoms with Gasteiger partial charge < -0.3 is 15.2 Å². The van der Waals surface area contributed by atoms with Gasteiger partial charge in [0.2, 0.25) is 0 Å². The zero-order valence-corrected chi connectivity index (χ0v) is 12.5. The molecule has 0 amide bonds. The molecule has 1 heterocycles. The number of benzene rings is 1. The molecule has 0 spiro atoms. The third kappa shape index (κ3) is 4.72. The van der Waals surface area contributed by atoms with Crippen LogP contribution >= 0.6 is 0 Å². The second-order valence-corrected chi connectivity index (χ2v) is 4.95.